The minimum Gasteiger partial charge on any atom is -0.478 e. The molecule has 0 amide bonds. The Labute approximate surface area is 186 Å². The number of pyridine rings is 1. The number of carboxylic acid groups (broad SMARTS) is 1. The minimum atomic E-state index is -4.62. The average molecular weight is 455 g/mol. The molecule has 0 aliphatic rings. The highest BCUT2D eigenvalue weighted by Crippen LogP contribution is 2.34. The molecule has 0 fully saturated rings. The van der Waals surface area contributed by atoms with Crippen molar-refractivity contribution in [3.05, 3.63) is 89.2 Å². The minimum absolute atomic E-state index is 0.0645. The number of benzene rings is 3. The summed E-state index contributed by atoms with van der Waals surface area (Å²) in [4.78, 5) is 16.0. The second-order valence-electron chi connectivity index (χ2n) is 7.42. The molecule has 1 aromatic heterocycles. The molecule has 4 aromatic rings. The number of fused-ring (bicyclic) bond motifs is 1. The zero-order chi connectivity index (χ0) is 23.8. The van der Waals surface area contributed by atoms with Gasteiger partial charge in [-0.1, -0.05) is 30.3 Å². The Hall–Kier alpha value is -3.78. The van der Waals surface area contributed by atoms with Crippen LogP contribution in [0.5, 0.6) is 0 Å². The highest BCUT2D eigenvalue weighted by atomic mass is 19.4. The molecule has 0 aliphatic heterocycles. The summed E-state index contributed by atoms with van der Waals surface area (Å²) in [5.41, 5.74) is 1.04. The smallest absolute Gasteiger partial charge is 0.416 e. The van der Waals surface area contributed by atoms with Gasteiger partial charge in [-0.05, 0) is 47.5 Å². The number of nitrogens with zero attached hydrogens (tertiary/aromatic N) is 1. The lowest BCUT2D eigenvalue weighted by Crippen LogP contribution is -2.06. The number of aromatic carboxylic acids is 1. The summed E-state index contributed by atoms with van der Waals surface area (Å²) in [5.74, 6) is -1.96. The van der Waals surface area contributed by atoms with E-state index in [2.05, 4.69) is 4.98 Å². The van der Waals surface area contributed by atoms with E-state index in [0.717, 1.165) is 29.8 Å². The highest BCUT2D eigenvalue weighted by molar-refractivity contribution is 6.04. The van der Waals surface area contributed by atoms with Crippen LogP contribution >= 0.6 is 0 Å². The van der Waals surface area contributed by atoms with Gasteiger partial charge in [-0.2, -0.15) is 13.2 Å². The third kappa shape index (κ3) is 4.56. The summed E-state index contributed by atoms with van der Waals surface area (Å²) in [6.45, 7) is 0.378. The van der Waals surface area contributed by atoms with E-state index < -0.39 is 23.5 Å². The van der Waals surface area contributed by atoms with Crippen LogP contribution in [-0.4, -0.2) is 23.2 Å². The summed E-state index contributed by atoms with van der Waals surface area (Å²) in [6.07, 6.45) is -4.62. The van der Waals surface area contributed by atoms with Crippen LogP contribution in [0, 0.1) is 5.82 Å². The van der Waals surface area contributed by atoms with Crippen LogP contribution in [0.15, 0.2) is 66.7 Å². The standard InChI is InChI=1S/C25H17F4NO3/c1-33-13-14-3-2-4-15(9-14)18-7-5-16(10-21(18)26)23-12-20(24(31)32)19-11-17(25(27,28)29)6-8-22(19)30-23/h2-12H,13H2,1H3,(H,31,32). The van der Waals surface area contributed by atoms with Gasteiger partial charge in [0.15, 0.2) is 0 Å². The second kappa shape index (κ2) is 8.63. The van der Waals surface area contributed by atoms with Crippen molar-refractivity contribution in [2.75, 3.05) is 7.11 Å². The number of halogens is 4. The third-order valence-corrected chi connectivity index (χ3v) is 5.18. The van der Waals surface area contributed by atoms with Gasteiger partial charge >= 0.3 is 12.1 Å². The normalized spacial score (nSPS) is 11.7. The summed E-state index contributed by atoms with van der Waals surface area (Å²) in [7, 11) is 1.56. The monoisotopic (exact) mass is 455 g/mol. The fourth-order valence-electron chi connectivity index (χ4n) is 3.63. The van der Waals surface area contributed by atoms with Crippen molar-refractivity contribution >= 4 is 16.9 Å². The first-order chi connectivity index (χ1) is 15.7. The summed E-state index contributed by atoms with van der Waals surface area (Å²) in [6, 6.07) is 15.4. The Morgan fingerprint density at radius 1 is 1.00 bits per heavy atom. The van der Waals surface area contributed by atoms with E-state index in [9.17, 15) is 27.5 Å². The summed E-state index contributed by atoms with van der Waals surface area (Å²) >= 11 is 0. The molecule has 0 bridgehead atoms. The van der Waals surface area contributed by atoms with Crippen molar-refractivity contribution in [1.29, 1.82) is 0 Å². The first-order valence-electron chi connectivity index (χ1n) is 9.81. The zero-order valence-electron chi connectivity index (χ0n) is 17.3. The predicted octanol–water partition coefficient (Wildman–Crippen LogP) is 6.57. The van der Waals surface area contributed by atoms with Gasteiger partial charge in [0, 0.05) is 23.6 Å². The molecule has 3 aromatic carbocycles. The maximum Gasteiger partial charge on any atom is 0.416 e. The SMILES string of the molecule is COCc1cccc(-c2ccc(-c3cc(C(=O)O)c4cc(C(F)(F)F)ccc4n3)cc2F)c1. The Kier molecular flexibility index (Phi) is 5.86. The quantitative estimate of drug-likeness (QED) is 0.346. The Balaban J connectivity index is 1.80. The van der Waals surface area contributed by atoms with Crippen molar-refractivity contribution in [1.82, 2.24) is 4.98 Å². The second-order valence-corrected chi connectivity index (χ2v) is 7.42. The topological polar surface area (TPSA) is 59.4 Å². The highest BCUT2D eigenvalue weighted by Gasteiger charge is 2.31. The van der Waals surface area contributed by atoms with Crippen molar-refractivity contribution < 1.29 is 32.2 Å². The van der Waals surface area contributed by atoms with Crippen LogP contribution in [-0.2, 0) is 17.5 Å². The van der Waals surface area contributed by atoms with Crippen molar-refractivity contribution in [2.24, 2.45) is 0 Å². The van der Waals surface area contributed by atoms with Gasteiger partial charge < -0.3 is 9.84 Å². The van der Waals surface area contributed by atoms with Gasteiger partial charge in [0.05, 0.1) is 28.9 Å². The van der Waals surface area contributed by atoms with Crippen LogP contribution in [0.4, 0.5) is 17.6 Å². The van der Waals surface area contributed by atoms with Crippen LogP contribution in [0.3, 0.4) is 0 Å². The van der Waals surface area contributed by atoms with E-state index in [1.807, 2.05) is 6.07 Å². The number of carboxylic acids is 1. The molecular weight excluding hydrogens is 438 g/mol. The van der Waals surface area contributed by atoms with Gasteiger partial charge in [-0.3, -0.25) is 0 Å². The molecule has 0 atom stereocenters. The molecule has 0 saturated carbocycles. The molecule has 1 heterocycles. The zero-order valence-corrected chi connectivity index (χ0v) is 17.3. The predicted molar refractivity (Wildman–Crippen MR) is 115 cm³/mol. The number of hydrogen-bond donors (Lipinski definition) is 1. The van der Waals surface area contributed by atoms with Gasteiger partial charge in [-0.15, -0.1) is 0 Å². The van der Waals surface area contributed by atoms with Crippen molar-refractivity contribution in [2.45, 2.75) is 12.8 Å². The Morgan fingerprint density at radius 3 is 2.45 bits per heavy atom. The van der Waals surface area contributed by atoms with Gasteiger partial charge in [0.2, 0.25) is 0 Å². The molecular formula is C25H17F4NO3. The number of carbonyl (C=O) groups is 1. The van der Waals surface area contributed by atoms with E-state index in [0.29, 0.717) is 23.3 Å². The molecule has 0 spiro atoms. The van der Waals surface area contributed by atoms with Crippen molar-refractivity contribution in [3.63, 3.8) is 0 Å². The molecule has 0 aliphatic carbocycles. The lowest BCUT2D eigenvalue weighted by molar-refractivity contribution is -0.137. The number of ether oxygens (including phenoxy) is 1. The van der Waals surface area contributed by atoms with E-state index in [4.69, 9.17) is 4.74 Å². The maximum absolute atomic E-state index is 15.0. The molecule has 0 unspecified atom stereocenters. The third-order valence-electron chi connectivity index (χ3n) is 5.18. The molecule has 4 rings (SSSR count). The van der Waals surface area contributed by atoms with Crippen molar-refractivity contribution in [3.8, 4) is 22.4 Å². The number of alkyl halides is 3. The van der Waals surface area contributed by atoms with Crippen LogP contribution in [0.25, 0.3) is 33.3 Å². The molecule has 0 saturated heterocycles. The molecule has 4 nitrogen and oxygen atoms in total. The average Bonchev–Trinajstić information content (AvgIpc) is 2.77. The summed E-state index contributed by atoms with van der Waals surface area (Å²) in [5, 5.41) is 9.43. The molecule has 33 heavy (non-hydrogen) atoms. The molecule has 0 radical (unpaired) electrons. The number of methoxy groups -OCH3 is 1. The molecule has 8 heteroatoms. The van der Waals surface area contributed by atoms with Crippen LogP contribution in [0.1, 0.15) is 21.5 Å². The number of rotatable bonds is 5. The van der Waals surface area contributed by atoms with E-state index in [1.165, 1.54) is 6.07 Å². The fraction of sp³-hybridized carbons (Fsp3) is 0.120. The molecule has 168 valence electrons. The van der Waals surface area contributed by atoms with Gasteiger partial charge in [-0.25, -0.2) is 14.2 Å². The van der Waals surface area contributed by atoms with Crippen LogP contribution in [0.2, 0.25) is 0 Å². The maximum atomic E-state index is 15.0. The number of aromatic nitrogens is 1. The lowest BCUT2D eigenvalue weighted by atomic mass is 9.98. The van der Waals surface area contributed by atoms with E-state index >= 15 is 0 Å². The first kappa shape index (κ1) is 22.4. The first-order valence-corrected chi connectivity index (χ1v) is 9.81. The Morgan fingerprint density at radius 2 is 1.79 bits per heavy atom. The van der Waals surface area contributed by atoms with Crippen LogP contribution < -0.4 is 0 Å². The van der Waals surface area contributed by atoms with E-state index in [1.54, 1.807) is 37.4 Å². The largest absolute Gasteiger partial charge is 0.478 e. The number of hydrogen-bond acceptors (Lipinski definition) is 3. The lowest BCUT2D eigenvalue weighted by Gasteiger charge is -2.12. The van der Waals surface area contributed by atoms with Gasteiger partial charge in [0.1, 0.15) is 5.82 Å². The fourth-order valence-corrected chi connectivity index (χ4v) is 3.63. The van der Waals surface area contributed by atoms with Gasteiger partial charge in [0.25, 0.3) is 0 Å². The Bertz CT molecular complexity index is 1370. The van der Waals surface area contributed by atoms with E-state index in [-0.39, 0.29) is 22.2 Å². The molecule has 1 N–H and O–H groups in total. The summed E-state index contributed by atoms with van der Waals surface area (Å²) < 4.78 is 59.3.